The van der Waals surface area contributed by atoms with E-state index in [4.69, 9.17) is 4.98 Å². The number of hydrogen-bond acceptors (Lipinski definition) is 5. The zero-order chi connectivity index (χ0) is 19.7. The molecule has 2 aromatic carbocycles. The van der Waals surface area contributed by atoms with Gasteiger partial charge in [-0.25, -0.2) is 9.97 Å². The summed E-state index contributed by atoms with van der Waals surface area (Å²) in [4.78, 5) is 13.6. The summed E-state index contributed by atoms with van der Waals surface area (Å²) in [6.45, 7) is 3.58. The fourth-order valence-electron chi connectivity index (χ4n) is 3.20. The molecule has 0 fully saturated rings. The highest BCUT2D eigenvalue weighted by Gasteiger charge is 2.16. The summed E-state index contributed by atoms with van der Waals surface area (Å²) in [5.41, 5.74) is 3.82. The highest BCUT2D eigenvalue weighted by Crippen LogP contribution is 2.31. The molecule has 0 spiro atoms. The molecule has 0 aliphatic rings. The molecule has 28 heavy (non-hydrogen) atoms. The van der Waals surface area contributed by atoms with Crippen LogP contribution in [0.3, 0.4) is 0 Å². The third kappa shape index (κ3) is 3.44. The monoisotopic (exact) mass is 370 g/mol. The number of hydrogen-bond donors (Lipinski definition) is 2. The normalized spacial score (nSPS) is 11.6. The number of aliphatic hydroxyl groups is 1. The van der Waals surface area contributed by atoms with Gasteiger partial charge in [-0.05, 0) is 60.9 Å². The van der Waals surface area contributed by atoms with Crippen molar-refractivity contribution in [2.45, 2.75) is 19.4 Å². The molecule has 0 bridgehead atoms. The van der Waals surface area contributed by atoms with Crippen molar-refractivity contribution in [3.63, 3.8) is 0 Å². The molecule has 0 aliphatic carbocycles. The molecule has 0 unspecified atom stereocenters. The molecule has 5 nitrogen and oxygen atoms in total. The highest BCUT2D eigenvalue weighted by atomic mass is 16.3. The number of aromatic nitrogens is 3. The molecule has 0 saturated carbocycles. The Kier molecular flexibility index (Phi) is 4.53. The Morgan fingerprint density at radius 1 is 0.893 bits per heavy atom. The molecule has 4 aromatic rings. The van der Waals surface area contributed by atoms with Crippen LogP contribution in [0.1, 0.15) is 19.4 Å². The molecule has 0 radical (unpaired) electrons. The second-order valence-corrected chi connectivity index (χ2v) is 7.26. The minimum Gasteiger partial charge on any atom is -0.386 e. The fourth-order valence-corrected chi connectivity index (χ4v) is 3.20. The Bertz CT molecular complexity index is 1130. The van der Waals surface area contributed by atoms with Crippen LogP contribution >= 0.6 is 0 Å². The van der Waals surface area contributed by atoms with E-state index in [1.54, 1.807) is 26.2 Å². The van der Waals surface area contributed by atoms with Crippen LogP contribution in [0.4, 0.5) is 5.82 Å². The second kappa shape index (κ2) is 7.02. The van der Waals surface area contributed by atoms with Crippen molar-refractivity contribution in [2.24, 2.45) is 0 Å². The SMILES string of the molecule is CNc1nc(-c2cccnc2)nc2ccc(-c3cccc(C(C)(C)O)c3)cc12. The molecule has 4 rings (SSSR count). The zero-order valence-electron chi connectivity index (χ0n) is 16.1. The van der Waals surface area contributed by atoms with Crippen LogP contribution in [-0.4, -0.2) is 27.1 Å². The van der Waals surface area contributed by atoms with Crippen molar-refractivity contribution >= 4 is 16.7 Å². The quantitative estimate of drug-likeness (QED) is 0.548. The van der Waals surface area contributed by atoms with Crippen LogP contribution < -0.4 is 5.32 Å². The van der Waals surface area contributed by atoms with Gasteiger partial charge >= 0.3 is 0 Å². The minimum atomic E-state index is -0.884. The molecule has 0 atom stereocenters. The molecular weight excluding hydrogens is 348 g/mol. The van der Waals surface area contributed by atoms with E-state index in [9.17, 15) is 5.11 Å². The van der Waals surface area contributed by atoms with Gasteiger partial charge < -0.3 is 10.4 Å². The van der Waals surface area contributed by atoms with Gasteiger partial charge in [0.05, 0.1) is 11.1 Å². The zero-order valence-corrected chi connectivity index (χ0v) is 16.1. The van der Waals surface area contributed by atoms with Crippen LogP contribution in [0.2, 0.25) is 0 Å². The van der Waals surface area contributed by atoms with Gasteiger partial charge in [-0.2, -0.15) is 0 Å². The molecule has 2 N–H and O–H groups in total. The van der Waals surface area contributed by atoms with E-state index in [1.807, 2.05) is 55.6 Å². The fraction of sp³-hybridized carbons (Fsp3) is 0.174. The molecule has 0 saturated heterocycles. The summed E-state index contributed by atoms with van der Waals surface area (Å²) in [6, 6.07) is 17.9. The molecule has 2 aromatic heterocycles. The van der Waals surface area contributed by atoms with Gasteiger partial charge in [-0.1, -0.05) is 24.3 Å². The first kappa shape index (κ1) is 18.1. The molecule has 0 amide bonds. The van der Waals surface area contributed by atoms with Gasteiger partial charge in [0.15, 0.2) is 5.82 Å². The molecular formula is C23H22N4O. The number of anilines is 1. The van der Waals surface area contributed by atoms with Gasteiger partial charge in [0, 0.05) is 30.4 Å². The Labute approximate surface area is 164 Å². The minimum absolute atomic E-state index is 0.640. The summed E-state index contributed by atoms with van der Waals surface area (Å²) in [6.07, 6.45) is 3.49. The van der Waals surface area contributed by atoms with Crippen LogP contribution in [0.15, 0.2) is 67.0 Å². The predicted octanol–water partition coefficient (Wildman–Crippen LogP) is 4.63. The summed E-state index contributed by atoms with van der Waals surface area (Å²) in [5.74, 6) is 1.41. The lowest BCUT2D eigenvalue weighted by Gasteiger charge is -2.18. The van der Waals surface area contributed by atoms with Gasteiger partial charge in [0.2, 0.25) is 0 Å². The molecule has 2 heterocycles. The number of fused-ring (bicyclic) bond motifs is 1. The van der Waals surface area contributed by atoms with Crippen molar-refractivity contribution in [1.29, 1.82) is 0 Å². The number of nitrogens with one attached hydrogen (secondary N) is 1. The predicted molar refractivity (Wildman–Crippen MR) is 113 cm³/mol. The van der Waals surface area contributed by atoms with E-state index in [-0.39, 0.29) is 0 Å². The standard InChI is InChI=1S/C23H22N4O/c1-23(2,28)18-8-4-6-15(12-18)16-9-10-20-19(13-16)22(24-3)27-21(26-20)17-7-5-11-25-14-17/h4-14,28H,1-3H3,(H,24,26,27). The Balaban J connectivity index is 1.84. The molecule has 0 aliphatic heterocycles. The van der Waals surface area contributed by atoms with Crippen molar-refractivity contribution in [1.82, 2.24) is 15.0 Å². The molecule has 140 valence electrons. The first-order valence-corrected chi connectivity index (χ1v) is 9.19. The number of rotatable bonds is 4. The maximum Gasteiger partial charge on any atom is 0.163 e. The topological polar surface area (TPSA) is 70.9 Å². The van der Waals surface area contributed by atoms with E-state index < -0.39 is 5.60 Å². The molecule has 5 heteroatoms. The summed E-state index contributed by atoms with van der Waals surface area (Å²) < 4.78 is 0. The second-order valence-electron chi connectivity index (χ2n) is 7.26. The lowest BCUT2D eigenvalue weighted by molar-refractivity contribution is 0.0786. The summed E-state index contributed by atoms with van der Waals surface area (Å²) in [7, 11) is 1.86. The summed E-state index contributed by atoms with van der Waals surface area (Å²) in [5, 5.41) is 14.4. The van der Waals surface area contributed by atoms with Crippen molar-refractivity contribution in [3.05, 3.63) is 72.6 Å². The van der Waals surface area contributed by atoms with E-state index in [0.717, 1.165) is 39.0 Å². The highest BCUT2D eigenvalue weighted by molar-refractivity contribution is 5.93. The number of nitrogens with zero attached hydrogens (tertiary/aromatic N) is 3. The Morgan fingerprint density at radius 3 is 2.39 bits per heavy atom. The van der Waals surface area contributed by atoms with Crippen LogP contribution in [0.25, 0.3) is 33.4 Å². The van der Waals surface area contributed by atoms with Gasteiger partial charge in [0.25, 0.3) is 0 Å². The third-order valence-corrected chi connectivity index (χ3v) is 4.75. The Hall–Kier alpha value is -3.31. The first-order valence-electron chi connectivity index (χ1n) is 9.19. The first-order chi connectivity index (χ1) is 13.5. The third-order valence-electron chi connectivity index (χ3n) is 4.75. The van der Waals surface area contributed by atoms with Crippen LogP contribution in [-0.2, 0) is 5.60 Å². The number of benzene rings is 2. The van der Waals surface area contributed by atoms with E-state index in [0.29, 0.717) is 5.82 Å². The van der Waals surface area contributed by atoms with Crippen molar-refractivity contribution in [2.75, 3.05) is 12.4 Å². The van der Waals surface area contributed by atoms with Crippen LogP contribution in [0, 0.1) is 0 Å². The van der Waals surface area contributed by atoms with Gasteiger partial charge in [-0.15, -0.1) is 0 Å². The van der Waals surface area contributed by atoms with Crippen LogP contribution in [0.5, 0.6) is 0 Å². The maximum atomic E-state index is 10.3. The number of pyridine rings is 1. The van der Waals surface area contributed by atoms with Crippen molar-refractivity contribution < 1.29 is 5.11 Å². The average Bonchev–Trinajstić information content (AvgIpc) is 2.72. The average molecular weight is 370 g/mol. The lowest BCUT2D eigenvalue weighted by Crippen LogP contribution is -2.15. The van der Waals surface area contributed by atoms with Gasteiger partial charge in [0.1, 0.15) is 5.82 Å². The summed E-state index contributed by atoms with van der Waals surface area (Å²) >= 11 is 0. The maximum absolute atomic E-state index is 10.3. The lowest BCUT2D eigenvalue weighted by atomic mass is 9.94. The Morgan fingerprint density at radius 2 is 1.68 bits per heavy atom. The smallest absolute Gasteiger partial charge is 0.163 e. The largest absolute Gasteiger partial charge is 0.386 e. The van der Waals surface area contributed by atoms with E-state index in [1.165, 1.54) is 0 Å². The van der Waals surface area contributed by atoms with Gasteiger partial charge in [-0.3, -0.25) is 4.98 Å². The van der Waals surface area contributed by atoms with Crippen molar-refractivity contribution in [3.8, 4) is 22.5 Å². The van der Waals surface area contributed by atoms with E-state index in [2.05, 4.69) is 21.4 Å². The van der Waals surface area contributed by atoms with E-state index >= 15 is 0 Å².